The van der Waals surface area contributed by atoms with E-state index in [1.165, 1.54) is 15.3 Å². The first-order chi connectivity index (χ1) is 14.9. The lowest BCUT2D eigenvalue weighted by molar-refractivity contribution is 0.274. The monoisotopic (exact) mass is 439 g/mol. The zero-order chi connectivity index (χ0) is 21.6. The number of sulfonamides is 1. The van der Waals surface area contributed by atoms with Crippen molar-refractivity contribution in [3.05, 3.63) is 64.8 Å². The van der Waals surface area contributed by atoms with Gasteiger partial charge in [0.15, 0.2) is 0 Å². The fourth-order valence-electron chi connectivity index (χ4n) is 4.24. The smallest absolute Gasteiger partial charge is 0.306 e. The van der Waals surface area contributed by atoms with Gasteiger partial charge in [-0.25, -0.2) is 17.9 Å². The average molecular weight is 440 g/mol. The topological polar surface area (TPSA) is 119 Å². The molecule has 1 aliphatic rings. The molecule has 0 unspecified atom stereocenters. The Balaban J connectivity index is 1.37. The van der Waals surface area contributed by atoms with Gasteiger partial charge in [-0.15, -0.1) is 5.10 Å². The maximum Gasteiger partial charge on any atom is 0.326 e. The summed E-state index contributed by atoms with van der Waals surface area (Å²) in [5.41, 5.74) is 2.97. The van der Waals surface area contributed by atoms with Crippen LogP contribution in [0.2, 0.25) is 0 Å². The van der Waals surface area contributed by atoms with Crippen LogP contribution >= 0.6 is 0 Å². The van der Waals surface area contributed by atoms with Crippen molar-refractivity contribution in [2.75, 3.05) is 13.1 Å². The molecule has 10 nitrogen and oxygen atoms in total. The summed E-state index contributed by atoms with van der Waals surface area (Å²) in [4.78, 5) is 15.6. The van der Waals surface area contributed by atoms with Crippen LogP contribution in [0.4, 0.5) is 0 Å². The molecule has 5 rings (SSSR count). The van der Waals surface area contributed by atoms with Gasteiger partial charge < -0.3 is 4.98 Å². The quantitative estimate of drug-likeness (QED) is 0.516. The van der Waals surface area contributed by atoms with Crippen molar-refractivity contribution < 1.29 is 8.42 Å². The predicted molar refractivity (Wildman–Crippen MR) is 113 cm³/mol. The number of H-pyrrole nitrogens is 1. The molecule has 4 aromatic rings. The lowest BCUT2D eigenvalue weighted by atomic mass is 10.1. The first kappa shape index (κ1) is 19.6. The molecule has 0 bridgehead atoms. The summed E-state index contributed by atoms with van der Waals surface area (Å²) in [7, 11) is -3.64. The van der Waals surface area contributed by atoms with E-state index in [4.69, 9.17) is 0 Å². The molecular weight excluding hydrogens is 418 g/mol. The summed E-state index contributed by atoms with van der Waals surface area (Å²) in [6.45, 7) is 2.53. The van der Waals surface area contributed by atoms with Crippen molar-refractivity contribution in [2.45, 2.75) is 30.7 Å². The van der Waals surface area contributed by atoms with E-state index < -0.39 is 10.0 Å². The highest BCUT2D eigenvalue weighted by Crippen LogP contribution is 2.29. The van der Waals surface area contributed by atoms with Crippen LogP contribution in [-0.2, 0) is 10.0 Å². The first-order valence-electron chi connectivity index (χ1n) is 9.98. The average Bonchev–Trinajstić information content (AvgIpc) is 3.41. The molecule has 1 aliphatic heterocycles. The van der Waals surface area contributed by atoms with E-state index in [0.717, 1.165) is 22.3 Å². The lowest BCUT2D eigenvalue weighted by Gasteiger charge is -2.31. The second-order valence-corrected chi connectivity index (χ2v) is 9.59. The highest BCUT2D eigenvalue weighted by Gasteiger charge is 2.31. The number of benzene rings is 2. The van der Waals surface area contributed by atoms with Gasteiger partial charge in [0.1, 0.15) is 6.33 Å². The number of rotatable bonds is 4. The van der Waals surface area contributed by atoms with E-state index in [0.29, 0.717) is 25.9 Å². The van der Waals surface area contributed by atoms with Crippen LogP contribution in [0.1, 0.15) is 24.4 Å². The summed E-state index contributed by atoms with van der Waals surface area (Å²) >= 11 is 0. The highest BCUT2D eigenvalue weighted by molar-refractivity contribution is 7.89. The fourth-order valence-corrected chi connectivity index (χ4v) is 5.80. The van der Waals surface area contributed by atoms with Crippen molar-refractivity contribution in [1.29, 1.82) is 0 Å². The molecule has 0 atom stereocenters. The van der Waals surface area contributed by atoms with E-state index in [2.05, 4.69) is 20.5 Å². The number of nitrogens with one attached hydrogen (secondary N) is 1. The molecule has 0 aliphatic carbocycles. The number of aromatic nitrogens is 6. The second kappa shape index (κ2) is 7.43. The number of para-hydroxylation sites is 2. The van der Waals surface area contributed by atoms with E-state index >= 15 is 0 Å². The van der Waals surface area contributed by atoms with Gasteiger partial charge in [-0.1, -0.05) is 12.1 Å². The number of aromatic amines is 1. The number of hydrogen-bond donors (Lipinski definition) is 1. The first-order valence-corrected chi connectivity index (χ1v) is 11.4. The molecule has 3 heterocycles. The van der Waals surface area contributed by atoms with Crippen LogP contribution in [-0.4, -0.2) is 55.6 Å². The molecular formula is C20H21N7O3S. The number of nitrogens with zero attached hydrogens (tertiary/aromatic N) is 6. The van der Waals surface area contributed by atoms with Gasteiger partial charge in [-0.05, 0) is 66.1 Å². The van der Waals surface area contributed by atoms with Crippen LogP contribution in [0.3, 0.4) is 0 Å². The summed E-state index contributed by atoms with van der Waals surface area (Å²) in [6, 6.07) is 12.4. The van der Waals surface area contributed by atoms with E-state index in [1.807, 2.05) is 31.2 Å². The normalized spacial score (nSPS) is 16.2. The minimum Gasteiger partial charge on any atom is -0.306 e. The van der Waals surface area contributed by atoms with Crippen molar-refractivity contribution in [3.8, 4) is 5.69 Å². The third-order valence-electron chi connectivity index (χ3n) is 5.81. The van der Waals surface area contributed by atoms with Crippen molar-refractivity contribution >= 4 is 21.1 Å². The van der Waals surface area contributed by atoms with E-state index in [1.54, 1.807) is 22.8 Å². The van der Waals surface area contributed by atoms with Crippen molar-refractivity contribution in [2.24, 2.45) is 0 Å². The Bertz CT molecular complexity index is 1400. The predicted octanol–water partition coefficient (Wildman–Crippen LogP) is 1.64. The zero-order valence-corrected chi connectivity index (χ0v) is 17.7. The maximum absolute atomic E-state index is 13.2. The Morgan fingerprint density at radius 1 is 1.10 bits per heavy atom. The Hall–Kier alpha value is -3.31. The van der Waals surface area contributed by atoms with Gasteiger partial charge in [0.05, 0.1) is 21.6 Å². The fraction of sp³-hybridized carbons (Fsp3) is 0.300. The largest absolute Gasteiger partial charge is 0.326 e. The lowest BCUT2D eigenvalue weighted by Crippen LogP contribution is -2.40. The molecule has 2 aromatic carbocycles. The van der Waals surface area contributed by atoms with Gasteiger partial charge in [-0.2, -0.15) is 4.31 Å². The molecule has 0 radical (unpaired) electrons. The standard InChI is InChI=1S/C20H21N7O3S/c1-14-12-16(6-7-18(14)26-13-21-23-24-26)31(29,30)25-10-8-15(9-11-25)27-19-5-3-2-4-17(19)22-20(27)28/h2-7,12-13,15H,8-11H2,1H3,(H,22,28). The van der Waals surface area contributed by atoms with Crippen molar-refractivity contribution in [1.82, 2.24) is 34.1 Å². The SMILES string of the molecule is Cc1cc(S(=O)(=O)N2CCC(n3c(=O)[nH]c4ccccc43)CC2)ccc1-n1cnnn1. The van der Waals surface area contributed by atoms with Crippen LogP contribution in [0.5, 0.6) is 0 Å². The Morgan fingerprint density at radius 2 is 1.87 bits per heavy atom. The van der Waals surface area contributed by atoms with Crippen LogP contribution in [0.25, 0.3) is 16.7 Å². The molecule has 0 amide bonds. The number of aryl methyl sites for hydroxylation is 1. The molecule has 1 saturated heterocycles. The number of piperidine rings is 1. The van der Waals surface area contributed by atoms with Crippen molar-refractivity contribution in [3.63, 3.8) is 0 Å². The minimum absolute atomic E-state index is 0.0426. The molecule has 1 fully saturated rings. The Morgan fingerprint density at radius 3 is 2.58 bits per heavy atom. The summed E-state index contributed by atoms with van der Waals surface area (Å²) in [5.74, 6) is 0. The van der Waals surface area contributed by atoms with Crippen LogP contribution in [0.15, 0.2) is 58.5 Å². The minimum atomic E-state index is -3.64. The second-order valence-electron chi connectivity index (χ2n) is 7.66. The van der Waals surface area contributed by atoms with Crippen LogP contribution in [0, 0.1) is 6.92 Å². The highest BCUT2D eigenvalue weighted by atomic mass is 32.2. The summed E-state index contributed by atoms with van der Waals surface area (Å²) in [6.07, 6.45) is 2.61. The van der Waals surface area contributed by atoms with E-state index in [9.17, 15) is 13.2 Å². The van der Waals surface area contributed by atoms with Crippen LogP contribution < -0.4 is 5.69 Å². The van der Waals surface area contributed by atoms with Gasteiger partial charge >= 0.3 is 5.69 Å². The van der Waals surface area contributed by atoms with Gasteiger partial charge in [-0.3, -0.25) is 4.57 Å². The molecule has 0 saturated carbocycles. The number of hydrogen-bond acceptors (Lipinski definition) is 6. The Labute approximate surface area is 178 Å². The molecule has 0 spiro atoms. The number of fused-ring (bicyclic) bond motifs is 1. The van der Waals surface area contributed by atoms with E-state index in [-0.39, 0.29) is 16.6 Å². The Kier molecular flexibility index (Phi) is 4.71. The molecule has 160 valence electrons. The number of imidazole rings is 1. The number of tetrazole rings is 1. The molecule has 2 aromatic heterocycles. The molecule has 11 heteroatoms. The van der Waals surface area contributed by atoms with Gasteiger partial charge in [0, 0.05) is 19.1 Å². The summed E-state index contributed by atoms with van der Waals surface area (Å²) < 4.78 is 31.2. The zero-order valence-electron chi connectivity index (χ0n) is 16.8. The third kappa shape index (κ3) is 3.35. The molecule has 31 heavy (non-hydrogen) atoms. The maximum atomic E-state index is 13.2. The summed E-state index contributed by atoms with van der Waals surface area (Å²) in [5, 5.41) is 11.1. The third-order valence-corrected chi connectivity index (χ3v) is 7.71. The van der Waals surface area contributed by atoms with Gasteiger partial charge in [0.25, 0.3) is 0 Å². The van der Waals surface area contributed by atoms with Gasteiger partial charge in [0.2, 0.25) is 10.0 Å². The molecule has 1 N–H and O–H groups in total.